The van der Waals surface area contributed by atoms with Crippen LogP contribution in [0.2, 0.25) is 0 Å². The van der Waals surface area contributed by atoms with Gasteiger partial charge in [-0.1, -0.05) is 6.58 Å². The minimum Gasteiger partial charge on any atom is -0.463 e. The molecule has 4 nitrogen and oxygen atoms in total. The van der Waals surface area contributed by atoms with Crippen LogP contribution in [0.1, 0.15) is 6.92 Å². The molecular formula is C9H12N2O2. The lowest BCUT2D eigenvalue weighted by atomic mass is 10.3. The highest BCUT2D eigenvalue weighted by Crippen LogP contribution is 1.98. The summed E-state index contributed by atoms with van der Waals surface area (Å²) in [4.78, 5) is 11.1. The van der Waals surface area contributed by atoms with Crippen LogP contribution in [0.5, 0.6) is 0 Å². The van der Waals surface area contributed by atoms with Crippen molar-refractivity contribution in [3.8, 4) is 0 Å². The second-order valence-corrected chi connectivity index (χ2v) is 2.53. The standard InChI is InChI=1S/C9H12N2O2/c1-3-13-9(12)8(2)7-11-6-4-5-10-11/h4-6H,2-3,7H2,1H3. The molecular weight excluding hydrogens is 168 g/mol. The first-order valence-electron chi connectivity index (χ1n) is 4.06. The third-order valence-corrected chi connectivity index (χ3v) is 1.48. The maximum atomic E-state index is 11.1. The molecule has 0 aliphatic rings. The van der Waals surface area contributed by atoms with Crippen molar-refractivity contribution in [1.82, 2.24) is 9.78 Å². The molecule has 0 saturated carbocycles. The lowest BCUT2D eigenvalue weighted by molar-refractivity contribution is -0.138. The molecule has 0 atom stereocenters. The van der Waals surface area contributed by atoms with Gasteiger partial charge in [-0.15, -0.1) is 0 Å². The summed E-state index contributed by atoms with van der Waals surface area (Å²) >= 11 is 0. The summed E-state index contributed by atoms with van der Waals surface area (Å²) in [6.07, 6.45) is 3.42. The molecule has 1 heterocycles. The van der Waals surface area contributed by atoms with Gasteiger partial charge in [0.25, 0.3) is 0 Å². The normalized spacial score (nSPS) is 9.62. The molecule has 70 valence electrons. The van der Waals surface area contributed by atoms with E-state index >= 15 is 0 Å². The van der Waals surface area contributed by atoms with E-state index in [1.807, 2.05) is 0 Å². The predicted molar refractivity (Wildman–Crippen MR) is 48.0 cm³/mol. The Balaban J connectivity index is 2.46. The lowest BCUT2D eigenvalue weighted by Crippen LogP contribution is -2.12. The topological polar surface area (TPSA) is 44.1 Å². The molecule has 0 bridgehead atoms. The van der Waals surface area contributed by atoms with Crippen molar-refractivity contribution in [1.29, 1.82) is 0 Å². The highest BCUT2D eigenvalue weighted by atomic mass is 16.5. The summed E-state index contributed by atoms with van der Waals surface area (Å²) in [5.74, 6) is -0.363. The molecule has 1 aromatic rings. The van der Waals surface area contributed by atoms with Gasteiger partial charge in [-0.2, -0.15) is 5.10 Å². The maximum Gasteiger partial charge on any atom is 0.335 e. The van der Waals surface area contributed by atoms with Crippen LogP contribution in [0.4, 0.5) is 0 Å². The molecule has 0 amide bonds. The number of carbonyl (C=O) groups excluding carboxylic acids is 1. The number of nitrogens with zero attached hydrogens (tertiary/aromatic N) is 2. The predicted octanol–water partition coefficient (Wildman–Crippen LogP) is 1.00. The molecule has 0 unspecified atom stereocenters. The van der Waals surface area contributed by atoms with Crippen molar-refractivity contribution in [3.05, 3.63) is 30.6 Å². The third kappa shape index (κ3) is 2.74. The Labute approximate surface area is 76.8 Å². The van der Waals surface area contributed by atoms with Crippen molar-refractivity contribution < 1.29 is 9.53 Å². The first kappa shape index (κ1) is 9.51. The second kappa shape index (κ2) is 4.45. The zero-order chi connectivity index (χ0) is 9.68. The van der Waals surface area contributed by atoms with E-state index in [0.29, 0.717) is 18.7 Å². The van der Waals surface area contributed by atoms with Gasteiger partial charge in [-0.05, 0) is 13.0 Å². The Morgan fingerprint density at radius 3 is 3.00 bits per heavy atom. The molecule has 1 rings (SSSR count). The van der Waals surface area contributed by atoms with Crippen LogP contribution >= 0.6 is 0 Å². The van der Waals surface area contributed by atoms with Crippen molar-refractivity contribution in [2.24, 2.45) is 0 Å². The Bertz CT molecular complexity index is 291. The minimum atomic E-state index is -0.363. The molecule has 0 aliphatic heterocycles. The van der Waals surface area contributed by atoms with Gasteiger partial charge < -0.3 is 4.74 Å². The van der Waals surface area contributed by atoms with Gasteiger partial charge in [-0.25, -0.2) is 4.79 Å². The van der Waals surface area contributed by atoms with Crippen molar-refractivity contribution in [2.75, 3.05) is 6.61 Å². The molecule has 0 spiro atoms. The van der Waals surface area contributed by atoms with Crippen LogP contribution in [0.3, 0.4) is 0 Å². The first-order valence-corrected chi connectivity index (χ1v) is 4.06. The van der Waals surface area contributed by atoms with Gasteiger partial charge in [0.15, 0.2) is 0 Å². The number of aromatic nitrogens is 2. The van der Waals surface area contributed by atoms with Crippen LogP contribution in [-0.2, 0) is 16.1 Å². The molecule has 0 radical (unpaired) electrons. The highest BCUT2D eigenvalue weighted by Gasteiger charge is 2.07. The fourth-order valence-electron chi connectivity index (χ4n) is 0.887. The molecule has 0 aliphatic carbocycles. The van der Waals surface area contributed by atoms with E-state index in [-0.39, 0.29) is 5.97 Å². The first-order chi connectivity index (χ1) is 6.24. The number of esters is 1. The molecule has 4 heteroatoms. The van der Waals surface area contributed by atoms with E-state index in [1.54, 1.807) is 30.1 Å². The molecule has 0 fully saturated rings. The number of hydrogen-bond donors (Lipinski definition) is 0. The minimum absolute atomic E-state index is 0.363. The molecule has 0 saturated heterocycles. The summed E-state index contributed by atoms with van der Waals surface area (Å²) < 4.78 is 6.40. The van der Waals surface area contributed by atoms with E-state index in [2.05, 4.69) is 11.7 Å². The number of rotatable bonds is 4. The fraction of sp³-hybridized carbons (Fsp3) is 0.333. The number of carbonyl (C=O) groups is 1. The smallest absolute Gasteiger partial charge is 0.335 e. The van der Waals surface area contributed by atoms with Crippen LogP contribution in [0.15, 0.2) is 30.6 Å². The van der Waals surface area contributed by atoms with E-state index < -0.39 is 0 Å². The van der Waals surface area contributed by atoms with Crippen LogP contribution in [0, 0.1) is 0 Å². The molecule has 13 heavy (non-hydrogen) atoms. The Hall–Kier alpha value is -1.58. The van der Waals surface area contributed by atoms with Gasteiger partial charge in [0.05, 0.1) is 18.7 Å². The van der Waals surface area contributed by atoms with Gasteiger partial charge in [0.2, 0.25) is 0 Å². The largest absolute Gasteiger partial charge is 0.463 e. The summed E-state index contributed by atoms with van der Waals surface area (Å²) in [6, 6.07) is 1.79. The van der Waals surface area contributed by atoms with Crippen LogP contribution < -0.4 is 0 Å². The monoisotopic (exact) mass is 180 g/mol. The zero-order valence-electron chi connectivity index (χ0n) is 7.56. The molecule has 1 aromatic heterocycles. The maximum absolute atomic E-state index is 11.1. The van der Waals surface area contributed by atoms with E-state index in [0.717, 1.165) is 0 Å². The molecule has 0 aromatic carbocycles. The fourth-order valence-corrected chi connectivity index (χ4v) is 0.887. The summed E-state index contributed by atoms with van der Waals surface area (Å²) in [5.41, 5.74) is 0.408. The van der Waals surface area contributed by atoms with Gasteiger partial charge in [0, 0.05) is 12.4 Å². The SMILES string of the molecule is C=C(Cn1cccn1)C(=O)OCC. The average molecular weight is 180 g/mol. The third-order valence-electron chi connectivity index (χ3n) is 1.48. The van der Waals surface area contributed by atoms with E-state index in [4.69, 9.17) is 4.74 Å². The van der Waals surface area contributed by atoms with Gasteiger partial charge in [-0.3, -0.25) is 4.68 Å². The highest BCUT2D eigenvalue weighted by molar-refractivity contribution is 5.87. The average Bonchev–Trinajstić information content (AvgIpc) is 2.57. The Morgan fingerprint density at radius 2 is 2.46 bits per heavy atom. The van der Waals surface area contributed by atoms with Crippen LogP contribution in [-0.4, -0.2) is 22.4 Å². The summed E-state index contributed by atoms with van der Waals surface area (Å²) in [6.45, 7) is 6.13. The quantitative estimate of drug-likeness (QED) is 0.513. The number of hydrogen-bond acceptors (Lipinski definition) is 3. The van der Waals surface area contributed by atoms with E-state index in [1.165, 1.54) is 0 Å². The van der Waals surface area contributed by atoms with Gasteiger partial charge >= 0.3 is 5.97 Å². The number of ether oxygens (including phenoxy) is 1. The summed E-state index contributed by atoms with van der Waals surface area (Å²) in [7, 11) is 0. The lowest BCUT2D eigenvalue weighted by Gasteiger charge is -2.04. The van der Waals surface area contributed by atoms with E-state index in [9.17, 15) is 4.79 Å². The zero-order valence-corrected chi connectivity index (χ0v) is 7.56. The van der Waals surface area contributed by atoms with Crippen molar-refractivity contribution in [2.45, 2.75) is 13.5 Å². The van der Waals surface area contributed by atoms with Gasteiger partial charge in [0.1, 0.15) is 0 Å². The Kier molecular flexibility index (Phi) is 3.25. The van der Waals surface area contributed by atoms with Crippen molar-refractivity contribution >= 4 is 5.97 Å². The van der Waals surface area contributed by atoms with Crippen molar-refractivity contribution in [3.63, 3.8) is 0 Å². The Morgan fingerprint density at radius 1 is 1.69 bits per heavy atom. The summed E-state index contributed by atoms with van der Waals surface area (Å²) in [5, 5.41) is 3.95. The second-order valence-electron chi connectivity index (χ2n) is 2.53. The molecule has 0 N–H and O–H groups in total. The van der Waals surface area contributed by atoms with Crippen LogP contribution in [0.25, 0.3) is 0 Å².